The number of fused-ring (bicyclic) bond motifs is 1. The molecule has 1 amide bonds. The van der Waals surface area contributed by atoms with E-state index >= 15 is 0 Å². The molecule has 1 aliphatic rings. The third-order valence-corrected chi connectivity index (χ3v) is 6.39. The largest absolute Gasteiger partial charge is 0.379 e. The topological polar surface area (TPSA) is 45.7 Å². The lowest BCUT2D eigenvalue weighted by Crippen LogP contribution is -2.39. The molecule has 0 aliphatic carbocycles. The average molecular weight is 484 g/mol. The number of halogens is 3. The number of hydrogen-bond acceptors (Lipinski definition) is 5. The molecule has 1 fully saturated rings. The summed E-state index contributed by atoms with van der Waals surface area (Å²) in [7, 11) is 0. The Kier molecular flexibility index (Phi) is 8.24. The second-order valence-corrected chi connectivity index (χ2v) is 8.79. The first kappa shape index (κ1) is 23.9. The van der Waals surface area contributed by atoms with Gasteiger partial charge in [-0.25, -0.2) is 9.37 Å². The van der Waals surface area contributed by atoms with Crippen molar-refractivity contribution in [3.8, 4) is 0 Å². The zero-order valence-corrected chi connectivity index (χ0v) is 19.5. The molecule has 0 saturated carbocycles. The number of morpholine rings is 1. The molecule has 1 aliphatic heterocycles. The number of thiazole rings is 1. The summed E-state index contributed by atoms with van der Waals surface area (Å²) < 4.78 is 20.1. The van der Waals surface area contributed by atoms with Gasteiger partial charge in [-0.1, -0.05) is 29.0 Å². The van der Waals surface area contributed by atoms with E-state index in [9.17, 15) is 9.18 Å². The smallest absolute Gasteiger partial charge is 0.260 e. The van der Waals surface area contributed by atoms with Crippen LogP contribution in [0.1, 0.15) is 22.3 Å². The number of aromatic nitrogens is 1. The average Bonchev–Trinajstić information content (AvgIpc) is 3.15. The third-order valence-electron chi connectivity index (χ3n) is 5.15. The van der Waals surface area contributed by atoms with Gasteiger partial charge in [0.05, 0.1) is 23.4 Å². The van der Waals surface area contributed by atoms with Crippen molar-refractivity contribution in [3.63, 3.8) is 0 Å². The summed E-state index contributed by atoms with van der Waals surface area (Å²) in [5, 5.41) is 1.25. The van der Waals surface area contributed by atoms with Crippen molar-refractivity contribution in [2.45, 2.75) is 13.3 Å². The lowest BCUT2D eigenvalue weighted by atomic mass is 10.2. The Hall–Kier alpha value is -1.77. The molecule has 5 nitrogen and oxygen atoms in total. The molecule has 2 aromatic carbocycles. The zero-order chi connectivity index (χ0) is 21.1. The number of benzene rings is 2. The molecule has 0 unspecified atom stereocenters. The molecular weight excluding hydrogens is 460 g/mol. The van der Waals surface area contributed by atoms with Crippen LogP contribution < -0.4 is 4.90 Å². The van der Waals surface area contributed by atoms with Crippen molar-refractivity contribution in [1.29, 1.82) is 0 Å². The summed E-state index contributed by atoms with van der Waals surface area (Å²) in [5.41, 5.74) is 2.12. The van der Waals surface area contributed by atoms with Gasteiger partial charge in [0.25, 0.3) is 5.91 Å². The minimum atomic E-state index is -0.430. The number of anilines is 1. The number of nitrogens with zero attached hydrogens (tertiary/aromatic N) is 3. The summed E-state index contributed by atoms with van der Waals surface area (Å²) in [6.45, 7) is 6.60. The molecule has 4 rings (SSSR count). The first-order chi connectivity index (χ1) is 14.5. The molecule has 0 atom stereocenters. The number of carbonyl (C=O) groups is 1. The first-order valence-corrected chi connectivity index (χ1v) is 11.1. The predicted molar refractivity (Wildman–Crippen MR) is 127 cm³/mol. The Morgan fingerprint density at radius 3 is 2.81 bits per heavy atom. The van der Waals surface area contributed by atoms with E-state index in [0.29, 0.717) is 22.3 Å². The van der Waals surface area contributed by atoms with Crippen molar-refractivity contribution in [1.82, 2.24) is 9.88 Å². The van der Waals surface area contributed by atoms with E-state index in [1.807, 2.05) is 19.1 Å². The highest BCUT2D eigenvalue weighted by Gasteiger charge is 2.23. The Labute approximate surface area is 196 Å². The molecule has 31 heavy (non-hydrogen) atoms. The highest BCUT2D eigenvalue weighted by atomic mass is 35.5. The molecule has 0 N–H and O–H groups in total. The number of hydrogen-bond donors (Lipinski definition) is 0. The molecule has 9 heteroatoms. The Morgan fingerprint density at radius 1 is 1.29 bits per heavy atom. The third kappa shape index (κ3) is 5.73. The van der Waals surface area contributed by atoms with Crippen LogP contribution in [0, 0.1) is 12.7 Å². The lowest BCUT2D eigenvalue weighted by molar-refractivity contribution is 0.0376. The fourth-order valence-corrected chi connectivity index (χ4v) is 5.04. The van der Waals surface area contributed by atoms with Crippen molar-refractivity contribution >= 4 is 56.6 Å². The van der Waals surface area contributed by atoms with Crippen LogP contribution in [0.15, 0.2) is 36.4 Å². The molecule has 1 saturated heterocycles. The Balaban J connectivity index is 0.00000272. The van der Waals surface area contributed by atoms with Crippen LogP contribution in [0.3, 0.4) is 0 Å². The van der Waals surface area contributed by atoms with E-state index in [4.69, 9.17) is 21.3 Å². The van der Waals surface area contributed by atoms with E-state index < -0.39 is 5.82 Å². The summed E-state index contributed by atoms with van der Waals surface area (Å²) >= 11 is 7.63. The van der Waals surface area contributed by atoms with Crippen LogP contribution in [0.5, 0.6) is 0 Å². The van der Waals surface area contributed by atoms with Crippen LogP contribution >= 0.6 is 35.3 Å². The zero-order valence-electron chi connectivity index (χ0n) is 17.1. The van der Waals surface area contributed by atoms with Gasteiger partial charge in [-0.15, -0.1) is 12.4 Å². The van der Waals surface area contributed by atoms with Gasteiger partial charge in [-0.05, 0) is 49.2 Å². The van der Waals surface area contributed by atoms with E-state index in [1.165, 1.54) is 23.5 Å². The molecule has 0 radical (unpaired) electrons. The summed E-state index contributed by atoms with van der Waals surface area (Å²) in [4.78, 5) is 22.0. The maximum atomic E-state index is 13.7. The highest BCUT2D eigenvalue weighted by Crippen LogP contribution is 2.33. The van der Waals surface area contributed by atoms with E-state index in [-0.39, 0.29) is 18.3 Å². The summed E-state index contributed by atoms with van der Waals surface area (Å²) in [5.74, 6) is -0.680. The van der Waals surface area contributed by atoms with Crippen molar-refractivity contribution in [2.24, 2.45) is 0 Å². The fraction of sp³-hybridized carbons (Fsp3) is 0.364. The van der Waals surface area contributed by atoms with Crippen LogP contribution in [-0.4, -0.2) is 55.2 Å². The maximum absolute atomic E-state index is 13.7. The SMILES string of the molecule is Cc1cc(Cl)cc2sc(N(CCCN3CCOCC3)C(=O)c3cccc(F)c3)nc12.Cl. The first-order valence-electron chi connectivity index (χ1n) is 9.95. The summed E-state index contributed by atoms with van der Waals surface area (Å²) in [6.07, 6.45) is 0.788. The second-order valence-electron chi connectivity index (χ2n) is 7.34. The quantitative estimate of drug-likeness (QED) is 0.483. The van der Waals surface area contributed by atoms with Crippen molar-refractivity contribution < 1.29 is 13.9 Å². The molecular formula is C22H24Cl2FN3O2S. The molecule has 166 valence electrons. The Bertz CT molecular complexity index is 1060. The standard InChI is InChI=1S/C22H23ClFN3O2S.ClH/c1-15-12-17(23)14-19-20(15)25-22(30-19)27(7-3-6-26-8-10-29-11-9-26)21(28)16-4-2-5-18(24)13-16;/h2,4-5,12-14H,3,6-11H2,1H3;1H. The van der Waals surface area contributed by atoms with Gasteiger partial charge in [0, 0.05) is 36.8 Å². The molecule has 0 spiro atoms. The second kappa shape index (κ2) is 10.7. The van der Waals surface area contributed by atoms with Crippen LogP contribution in [0.2, 0.25) is 5.02 Å². The van der Waals surface area contributed by atoms with Gasteiger partial charge in [-0.3, -0.25) is 14.6 Å². The van der Waals surface area contributed by atoms with Crippen molar-refractivity contribution in [3.05, 3.63) is 58.4 Å². The number of amides is 1. The molecule has 0 bridgehead atoms. The normalized spacial score (nSPS) is 14.4. The highest BCUT2D eigenvalue weighted by molar-refractivity contribution is 7.22. The van der Waals surface area contributed by atoms with Gasteiger partial charge < -0.3 is 4.74 Å². The molecule has 3 aromatic rings. The lowest BCUT2D eigenvalue weighted by Gasteiger charge is -2.27. The predicted octanol–water partition coefficient (Wildman–Crippen LogP) is 5.19. The van der Waals surface area contributed by atoms with Crippen LogP contribution in [-0.2, 0) is 4.74 Å². The minimum Gasteiger partial charge on any atom is -0.379 e. The Morgan fingerprint density at radius 2 is 2.06 bits per heavy atom. The number of aryl methyl sites for hydroxylation is 1. The number of ether oxygens (including phenoxy) is 1. The monoisotopic (exact) mass is 483 g/mol. The van der Waals surface area contributed by atoms with Gasteiger partial charge in [0.1, 0.15) is 5.82 Å². The van der Waals surface area contributed by atoms with Crippen LogP contribution in [0.25, 0.3) is 10.2 Å². The van der Waals surface area contributed by atoms with Gasteiger partial charge in [0.2, 0.25) is 0 Å². The van der Waals surface area contributed by atoms with E-state index in [0.717, 1.165) is 55.0 Å². The summed E-state index contributed by atoms with van der Waals surface area (Å²) in [6, 6.07) is 9.52. The van der Waals surface area contributed by atoms with Crippen LogP contribution in [0.4, 0.5) is 9.52 Å². The van der Waals surface area contributed by atoms with Crippen molar-refractivity contribution in [2.75, 3.05) is 44.3 Å². The van der Waals surface area contributed by atoms with E-state index in [2.05, 4.69) is 4.90 Å². The number of carbonyl (C=O) groups excluding carboxylic acids is 1. The molecule has 1 aromatic heterocycles. The molecule has 2 heterocycles. The maximum Gasteiger partial charge on any atom is 0.260 e. The minimum absolute atomic E-state index is 0. The van der Waals surface area contributed by atoms with E-state index in [1.54, 1.807) is 17.0 Å². The fourth-order valence-electron chi connectivity index (χ4n) is 3.60. The number of rotatable bonds is 6. The van der Waals surface area contributed by atoms with Gasteiger partial charge >= 0.3 is 0 Å². The van der Waals surface area contributed by atoms with Gasteiger partial charge in [0.15, 0.2) is 5.13 Å². The van der Waals surface area contributed by atoms with Gasteiger partial charge in [-0.2, -0.15) is 0 Å².